The lowest BCUT2D eigenvalue weighted by Gasteiger charge is -2.26. The molecular weight excluding hydrogens is 370 g/mol. The van der Waals surface area contributed by atoms with Crippen molar-refractivity contribution in [2.45, 2.75) is 31.6 Å². The number of halogens is 2. The molecular formula is C11H15Br2NO2S. The van der Waals surface area contributed by atoms with Crippen LogP contribution in [0.4, 0.5) is 0 Å². The van der Waals surface area contributed by atoms with Crippen LogP contribution < -0.4 is 5.32 Å². The maximum Gasteiger partial charge on any atom is 0.105 e. The zero-order valence-electron chi connectivity index (χ0n) is 9.50. The Kier molecular flexibility index (Phi) is 4.66. The second kappa shape index (κ2) is 5.67. The van der Waals surface area contributed by atoms with Crippen molar-refractivity contribution in [2.24, 2.45) is 0 Å². The quantitative estimate of drug-likeness (QED) is 0.838. The van der Waals surface area contributed by atoms with E-state index in [9.17, 15) is 5.11 Å². The predicted octanol–water partition coefficient (Wildman–Crippen LogP) is 2.90. The van der Waals surface area contributed by atoms with Gasteiger partial charge in [-0.1, -0.05) is 0 Å². The van der Waals surface area contributed by atoms with E-state index in [0.29, 0.717) is 19.6 Å². The molecule has 1 aromatic rings. The van der Waals surface area contributed by atoms with Gasteiger partial charge in [-0.2, -0.15) is 0 Å². The minimum atomic E-state index is -0.717. The minimum absolute atomic E-state index is 0.0863. The molecule has 2 unspecified atom stereocenters. The summed E-state index contributed by atoms with van der Waals surface area (Å²) in [6.07, 6.45) is 0.621. The molecule has 0 radical (unpaired) electrons. The molecule has 96 valence electrons. The zero-order chi connectivity index (χ0) is 12.5. The van der Waals surface area contributed by atoms with Crippen LogP contribution in [0.1, 0.15) is 18.2 Å². The van der Waals surface area contributed by atoms with Gasteiger partial charge in [-0.3, -0.25) is 0 Å². The average Bonchev–Trinajstić information content (AvgIpc) is 2.74. The number of rotatable bonds is 4. The van der Waals surface area contributed by atoms with Crippen molar-refractivity contribution in [3.8, 4) is 0 Å². The molecule has 0 spiro atoms. The third kappa shape index (κ3) is 3.30. The van der Waals surface area contributed by atoms with Crippen LogP contribution in [0.5, 0.6) is 0 Å². The van der Waals surface area contributed by atoms with Crippen molar-refractivity contribution in [2.75, 3.05) is 13.2 Å². The molecule has 1 aliphatic rings. The second-order valence-corrected chi connectivity index (χ2v) is 7.61. The maximum absolute atomic E-state index is 10.3. The van der Waals surface area contributed by atoms with Crippen molar-refractivity contribution in [3.05, 3.63) is 19.2 Å². The van der Waals surface area contributed by atoms with E-state index in [1.54, 1.807) is 11.3 Å². The van der Waals surface area contributed by atoms with E-state index < -0.39 is 5.60 Å². The summed E-state index contributed by atoms with van der Waals surface area (Å²) in [6, 6.07) is 2.08. The molecule has 1 saturated heterocycles. The van der Waals surface area contributed by atoms with Gasteiger partial charge in [-0.25, -0.2) is 0 Å². The van der Waals surface area contributed by atoms with E-state index in [-0.39, 0.29) is 6.10 Å². The molecule has 2 N–H and O–H groups in total. The fourth-order valence-corrected chi connectivity index (χ4v) is 4.03. The van der Waals surface area contributed by atoms with Gasteiger partial charge in [-0.15, -0.1) is 11.3 Å². The molecule has 17 heavy (non-hydrogen) atoms. The van der Waals surface area contributed by atoms with Crippen LogP contribution in [0, 0.1) is 0 Å². The summed E-state index contributed by atoms with van der Waals surface area (Å²) in [4.78, 5) is 1.24. The van der Waals surface area contributed by atoms with Crippen molar-refractivity contribution >= 4 is 43.2 Å². The molecule has 6 heteroatoms. The van der Waals surface area contributed by atoms with Gasteiger partial charge in [0.2, 0.25) is 0 Å². The summed E-state index contributed by atoms with van der Waals surface area (Å²) in [5, 5.41) is 13.6. The van der Waals surface area contributed by atoms with E-state index >= 15 is 0 Å². The minimum Gasteiger partial charge on any atom is -0.386 e. The Morgan fingerprint density at radius 3 is 2.94 bits per heavy atom. The second-order valence-electron chi connectivity index (χ2n) is 4.30. The number of nitrogens with one attached hydrogen (secondary N) is 1. The largest absolute Gasteiger partial charge is 0.386 e. The predicted molar refractivity (Wildman–Crippen MR) is 76.4 cm³/mol. The van der Waals surface area contributed by atoms with Gasteiger partial charge in [0.25, 0.3) is 0 Å². The molecule has 0 amide bonds. The molecule has 2 atom stereocenters. The van der Waals surface area contributed by atoms with Crippen LogP contribution in [0.2, 0.25) is 0 Å². The molecule has 1 aliphatic heterocycles. The number of hydrogen-bond donors (Lipinski definition) is 2. The van der Waals surface area contributed by atoms with E-state index in [0.717, 1.165) is 14.8 Å². The molecule has 1 aromatic heterocycles. The van der Waals surface area contributed by atoms with Gasteiger partial charge in [0.1, 0.15) is 5.60 Å². The van der Waals surface area contributed by atoms with E-state index in [2.05, 4.69) is 43.2 Å². The Morgan fingerprint density at radius 1 is 1.65 bits per heavy atom. The molecule has 2 rings (SSSR count). The van der Waals surface area contributed by atoms with Crippen molar-refractivity contribution in [1.29, 1.82) is 0 Å². The highest BCUT2D eigenvalue weighted by Crippen LogP contribution is 2.32. The van der Waals surface area contributed by atoms with Crippen molar-refractivity contribution < 1.29 is 9.84 Å². The van der Waals surface area contributed by atoms with Gasteiger partial charge in [0, 0.05) is 35.5 Å². The van der Waals surface area contributed by atoms with Crippen LogP contribution in [-0.2, 0) is 11.3 Å². The Hall–Kier alpha value is 0.540. The van der Waals surface area contributed by atoms with E-state index in [4.69, 9.17) is 4.74 Å². The fraction of sp³-hybridized carbons (Fsp3) is 0.636. The topological polar surface area (TPSA) is 41.5 Å². The summed E-state index contributed by atoms with van der Waals surface area (Å²) in [6.45, 7) is 3.91. The molecule has 0 saturated carbocycles. The third-order valence-corrected chi connectivity index (χ3v) is 6.34. The molecule has 3 nitrogen and oxygen atoms in total. The van der Waals surface area contributed by atoms with Crippen molar-refractivity contribution in [1.82, 2.24) is 5.32 Å². The van der Waals surface area contributed by atoms with Gasteiger partial charge >= 0.3 is 0 Å². The van der Waals surface area contributed by atoms with E-state index in [1.807, 2.05) is 6.92 Å². The lowest BCUT2D eigenvalue weighted by atomic mass is 9.97. The van der Waals surface area contributed by atoms with Crippen LogP contribution in [-0.4, -0.2) is 30.0 Å². The van der Waals surface area contributed by atoms with Crippen LogP contribution in [0.15, 0.2) is 14.3 Å². The SMILES string of the molecule is CC1OCCC1(O)CNCc1cc(Br)c(Br)s1. The first-order valence-corrected chi connectivity index (χ1v) is 7.90. The summed E-state index contributed by atoms with van der Waals surface area (Å²) >= 11 is 8.62. The lowest BCUT2D eigenvalue weighted by molar-refractivity contribution is -0.0262. The Balaban J connectivity index is 1.83. The van der Waals surface area contributed by atoms with Gasteiger partial charge < -0.3 is 15.2 Å². The fourth-order valence-electron chi connectivity index (χ4n) is 1.88. The zero-order valence-corrected chi connectivity index (χ0v) is 13.5. The first-order valence-electron chi connectivity index (χ1n) is 5.50. The number of aliphatic hydroxyl groups is 1. The normalized spacial score (nSPS) is 28.8. The smallest absolute Gasteiger partial charge is 0.105 e. The molecule has 2 heterocycles. The van der Waals surface area contributed by atoms with Gasteiger partial charge in [0.05, 0.1) is 9.89 Å². The average molecular weight is 385 g/mol. The highest BCUT2D eigenvalue weighted by Gasteiger charge is 2.38. The first-order chi connectivity index (χ1) is 8.01. The first kappa shape index (κ1) is 14.0. The number of hydrogen-bond acceptors (Lipinski definition) is 4. The maximum atomic E-state index is 10.3. The Labute approximate surface area is 122 Å². The number of ether oxygens (including phenoxy) is 1. The highest BCUT2D eigenvalue weighted by atomic mass is 79.9. The molecule has 0 aromatic carbocycles. The van der Waals surface area contributed by atoms with E-state index in [1.165, 1.54) is 4.88 Å². The molecule has 0 aliphatic carbocycles. The van der Waals surface area contributed by atoms with Crippen LogP contribution in [0.25, 0.3) is 0 Å². The van der Waals surface area contributed by atoms with Crippen LogP contribution in [0.3, 0.4) is 0 Å². The van der Waals surface area contributed by atoms with Gasteiger partial charge in [0.15, 0.2) is 0 Å². The third-order valence-electron chi connectivity index (χ3n) is 3.09. The standard InChI is InChI=1S/C11H15Br2NO2S/c1-7-11(15,2-3-16-7)6-14-5-8-4-9(12)10(13)17-8/h4,7,14-15H,2-3,5-6H2,1H3. The van der Waals surface area contributed by atoms with Gasteiger partial charge in [-0.05, 0) is 44.8 Å². The Bertz CT molecular complexity index is 379. The summed E-state index contributed by atoms with van der Waals surface area (Å²) < 4.78 is 7.57. The number of thiophene rings is 1. The monoisotopic (exact) mass is 383 g/mol. The summed E-state index contributed by atoms with van der Waals surface area (Å²) in [7, 11) is 0. The lowest BCUT2D eigenvalue weighted by Crippen LogP contribution is -2.45. The van der Waals surface area contributed by atoms with Crippen LogP contribution >= 0.6 is 43.2 Å². The summed E-state index contributed by atoms with van der Waals surface area (Å²) in [5.74, 6) is 0. The highest BCUT2D eigenvalue weighted by molar-refractivity contribution is 9.13. The molecule has 0 bridgehead atoms. The summed E-state index contributed by atoms with van der Waals surface area (Å²) in [5.41, 5.74) is -0.717. The molecule has 1 fully saturated rings. The Morgan fingerprint density at radius 2 is 2.41 bits per heavy atom. The van der Waals surface area contributed by atoms with Crippen molar-refractivity contribution in [3.63, 3.8) is 0 Å².